The first-order valence-electron chi connectivity index (χ1n) is 19.0. The van der Waals surface area contributed by atoms with Gasteiger partial charge in [-0.1, -0.05) is 24.3 Å². The summed E-state index contributed by atoms with van der Waals surface area (Å²) in [5, 5.41) is 23.1. The van der Waals surface area contributed by atoms with E-state index in [9.17, 15) is 23.8 Å². The van der Waals surface area contributed by atoms with E-state index in [1.54, 1.807) is 19.2 Å². The number of fused-ring (bicyclic) bond motifs is 2. The fourth-order valence-corrected chi connectivity index (χ4v) is 8.09. The molecule has 0 spiro atoms. The molecular weight excluding hydrogens is 731 g/mol. The Morgan fingerprint density at radius 1 is 0.965 bits per heavy atom. The molecule has 6 aromatic rings. The topological polar surface area (TPSA) is 145 Å². The summed E-state index contributed by atoms with van der Waals surface area (Å²) in [6.07, 6.45) is 0.652. The third-order valence-electron chi connectivity index (χ3n) is 11.2. The molecule has 0 bridgehead atoms. The van der Waals surface area contributed by atoms with Crippen molar-refractivity contribution in [2.24, 2.45) is 5.92 Å². The van der Waals surface area contributed by atoms with Crippen LogP contribution < -0.4 is 5.32 Å². The van der Waals surface area contributed by atoms with Crippen molar-refractivity contribution in [3.05, 3.63) is 100 Å². The van der Waals surface area contributed by atoms with Crippen molar-refractivity contribution in [1.82, 2.24) is 29.7 Å². The van der Waals surface area contributed by atoms with Crippen LogP contribution in [0.1, 0.15) is 60.7 Å². The van der Waals surface area contributed by atoms with Crippen LogP contribution in [0, 0.1) is 26.3 Å². The molecule has 57 heavy (non-hydrogen) atoms. The van der Waals surface area contributed by atoms with E-state index in [2.05, 4.69) is 34.9 Å². The number of piperidine rings is 1. The molecule has 8 rings (SSSR count). The lowest BCUT2D eigenvalue weighted by Crippen LogP contribution is -2.35. The number of likely N-dealkylation sites (tertiary alicyclic amines) is 2. The van der Waals surface area contributed by atoms with Crippen LogP contribution in [0.2, 0.25) is 0 Å². The highest BCUT2D eigenvalue weighted by Crippen LogP contribution is 2.39. The predicted molar refractivity (Wildman–Crippen MR) is 212 cm³/mol. The van der Waals surface area contributed by atoms with Crippen LogP contribution in [0.4, 0.5) is 26.0 Å². The van der Waals surface area contributed by atoms with Gasteiger partial charge in [0.15, 0.2) is 17.2 Å². The molecule has 0 radical (unpaired) electrons. The SMILES string of the molecule is [C-]#[N+]c1cc(CN2CCC(C(=O)O)CC2)cc2nc(-c3cccc(-c4cccc(Nc5nc(C(F)F)nc6cc(CN7CC[C@](C)(O)C7)cnc56)c4C)c3C)oc12. The van der Waals surface area contributed by atoms with Gasteiger partial charge in [-0.25, -0.2) is 28.6 Å². The number of aromatic nitrogens is 4. The van der Waals surface area contributed by atoms with Gasteiger partial charge in [-0.2, -0.15) is 0 Å². The number of carbonyl (C=O) groups is 1. The van der Waals surface area contributed by atoms with Crippen LogP contribution >= 0.6 is 0 Å². The number of benzene rings is 3. The largest absolute Gasteiger partial charge is 0.481 e. The minimum absolute atomic E-state index is 0.169. The van der Waals surface area contributed by atoms with Crippen molar-refractivity contribution in [3.63, 3.8) is 0 Å². The number of carboxylic acids is 1. The van der Waals surface area contributed by atoms with Crippen molar-refractivity contribution >= 4 is 45.3 Å². The molecule has 2 fully saturated rings. The first-order chi connectivity index (χ1) is 27.4. The molecule has 0 saturated carbocycles. The van der Waals surface area contributed by atoms with Gasteiger partial charge >= 0.3 is 5.97 Å². The van der Waals surface area contributed by atoms with Crippen LogP contribution in [0.25, 0.3) is 49.6 Å². The average Bonchev–Trinajstić information content (AvgIpc) is 3.77. The molecule has 2 aliphatic rings. The van der Waals surface area contributed by atoms with E-state index in [0.29, 0.717) is 91.4 Å². The number of oxazole rings is 1. The third kappa shape index (κ3) is 7.78. The maximum absolute atomic E-state index is 14.1. The van der Waals surface area contributed by atoms with Crippen LogP contribution in [0.3, 0.4) is 0 Å². The van der Waals surface area contributed by atoms with Gasteiger partial charge in [0.1, 0.15) is 5.52 Å². The van der Waals surface area contributed by atoms with Gasteiger partial charge in [-0.3, -0.25) is 19.6 Å². The van der Waals surface area contributed by atoms with Crippen LogP contribution in [0.5, 0.6) is 0 Å². The molecule has 3 aromatic heterocycles. The minimum atomic E-state index is -2.89. The van der Waals surface area contributed by atoms with E-state index < -0.39 is 23.8 Å². The smallest absolute Gasteiger partial charge is 0.306 e. The maximum atomic E-state index is 14.1. The van der Waals surface area contributed by atoms with Gasteiger partial charge in [-0.05, 0) is 117 Å². The maximum Gasteiger partial charge on any atom is 0.306 e. The summed E-state index contributed by atoms with van der Waals surface area (Å²) in [6.45, 7) is 17.3. The predicted octanol–water partition coefficient (Wildman–Crippen LogP) is 8.60. The van der Waals surface area contributed by atoms with Crippen molar-refractivity contribution in [3.8, 4) is 22.6 Å². The first-order valence-corrected chi connectivity index (χ1v) is 19.0. The van der Waals surface area contributed by atoms with Gasteiger partial charge in [-0.15, -0.1) is 0 Å². The Labute approximate surface area is 328 Å². The van der Waals surface area contributed by atoms with E-state index in [1.165, 1.54) is 0 Å². The highest BCUT2D eigenvalue weighted by molar-refractivity contribution is 5.91. The normalized spacial score (nSPS) is 18.1. The molecular formula is C43H42F2N8O4. The number of alkyl halides is 2. The summed E-state index contributed by atoms with van der Waals surface area (Å²) >= 11 is 0. The molecule has 0 aliphatic carbocycles. The van der Waals surface area contributed by atoms with E-state index >= 15 is 0 Å². The number of rotatable bonds is 10. The third-order valence-corrected chi connectivity index (χ3v) is 11.2. The Morgan fingerprint density at radius 2 is 1.67 bits per heavy atom. The lowest BCUT2D eigenvalue weighted by atomic mass is 9.93. The molecule has 292 valence electrons. The molecule has 5 heterocycles. The summed E-state index contributed by atoms with van der Waals surface area (Å²) in [6, 6.07) is 17.1. The number of aliphatic hydroxyl groups is 1. The number of pyridine rings is 1. The summed E-state index contributed by atoms with van der Waals surface area (Å²) < 4.78 is 34.5. The Kier molecular flexibility index (Phi) is 10.2. The number of aliphatic carboxylic acids is 1. The van der Waals surface area contributed by atoms with E-state index in [1.807, 2.05) is 62.4 Å². The van der Waals surface area contributed by atoms with E-state index in [0.717, 1.165) is 45.5 Å². The fraction of sp³-hybridized carbons (Fsp3) is 0.349. The van der Waals surface area contributed by atoms with Crippen LogP contribution in [0.15, 0.2) is 65.2 Å². The molecule has 12 nitrogen and oxygen atoms in total. The van der Waals surface area contributed by atoms with Gasteiger partial charge in [0.25, 0.3) is 6.43 Å². The van der Waals surface area contributed by atoms with E-state index in [-0.39, 0.29) is 11.7 Å². The summed E-state index contributed by atoms with van der Waals surface area (Å²) in [7, 11) is 0. The monoisotopic (exact) mass is 772 g/mol. The van der Waals surface area contributed by atoms with Gasteiger partial charge in [0.05, 0.1) is 29.1 Å². The molecule has 1 atom stereocenters. The Balaban J connectivity index is 1.08. The van der Waals surface area contributed by atoms with Gasteiger partial charge < -0.3 is 19.9 Å². The lowest BCUT2D eigenvalue weighted by molar-refractivity contribution is -0.143. The van der Waals surface area contributed by atoms with E-state index in [4.69, 9.17) is 16.0 Å². The molecule has 14 heteroatoms. The minimum Gasteiger partial charge on any atom is -0.481 e. The molecule has 3 aromatic carbocycles. The van der Waals surface area contributed by atoms with Gasteiger partial charge in [0, 0.05) is 43.6 Å². The fourth-order valence-electron chi connectivity index (χ4n) is 8.09. The number of nitrogens with zero attached hydrogens (tertiary/aromatic N) is 7. The highest BCUT2D eigenvalue weighted by Gasteiger charge is 2.31. The van der Waals surface area contributed by atoms with Gasteiger partial charge in [0.2, 0.25) is 11.6 Å². The number of anilines is 2. The summed E-state index contributed by atoms with van der Waals surface area (Å²) in [5.41, 5.74) is 7.95. The molecule has 0 unspecified atom stereocenters. The zero-order valence-corrected chi connectivity index (χ0v) is 31.9. The van der Waals surface area contributed by atoms with Crippen molar-refractivity contribution in [1.29, 1.82) is 0 Å². The molecule has 2 aliphatic heterocycles. The zero-order chi connectivity index (χ0) is 40.0. The summed E-state index contributed by atoms with van der Waals surface area (Å²) in [4.78, 5) is 37.3. The standard InChI is InChI=1S/C43H42F2N8O4/c1-24-29(7-5-9-31(24)41-50-35-18-26(17-34(46-4)37(35)57-41)21-52-14-11-28(12-15-52)42(54)55)30-8-6-10-32(25(30)2)48-39-36-33(49-40(51-39)38(44)45)19-27(20-47-36)22-53-16-13-43(3,56)23-53/h5-10,17-20,28,38,56H,11-16,21-23H2,1-3H3,(H,54,55)(H,48,49,51)/t43-/m0/s1. The van der Waals surface area contributed by atoms with Crippen LogP contribution in [-0.4, -0.2) is 77.7 Å². The highest BCUT2D eigenvalue weighted by atomic mass is 19.3. The lowest BCUT2D eigenvalue weighted by Gasteiger charge is -2.30. The average molecular weight is 773 g/mol. The number of hydrogen-bond donors (Lipinski definition) is 3. The number of nitrogens with one attached hydrogen (secondary N) is 1. The number of halogens is 2. The number of carboxylic acid groups (broad SMARTS) is 1. The second-order valence-corrected chi connectivity index (χ2v) is 15.5. The second-order valence-electron chi connectivity index (χ2n) is 15.5. The zero-order valence-electron chi connectivity index (χ0n) is 31.9. The van der Waals surface area contributed by atoms with Crippen molar-refractivity contribution < 1.29 is 28.2 Å². The van der Waals surface area contributed by atoms with Crippen molar-refractivity contribution in [2.75, 3.05) is 31.5 Å². The van der Waals surface area contributed by atoms with Crippen molar-refractivity contribution in [2.45, 2.75) is 65.1 Å². The van der Waals surface area contributed by atoms with Crippen LogP contribution in [-0.2, 0) is 17.9 Å². The Morgan fingerprint density at radius 3 is 2.37 bits per heavy atom. The Bertz CT molecular complexity index is 2560. The second kappa shape index (κ2) is 15.2. The quantitative estimate of drug-likeness (QED) is 0.115. The molecule has 3 N–H and O–H groups in total. The molecule has 2 saturated heterocycles. The number of hydrogen-bond acceptors (Lipinski definition) is 10. The molecule has 0 amide bonds. The summed E-state index contributed by atoms with van der Waals surface area (Å²) in [5.74, 6) is -1.12. The number of β-amino-alcohol motifs (C(OH)–C–C–N with tert-alkyl or cyclic N) is 1. The first kappa shape index (κ1) is 38.0. The Hall–Kier alpha value is -5.88.